The van der Waals surface area contributed by atoms with Crippen LogP contribution in [0.4, 0.5) is 28.4 Å². The Morgan fingerprint density at radius 1 is 0.679 bits per heavy atom. The molecule has 17 nitrogen and oxygen atoms in total. The van der Waals surface area contributed by atoms with E-state index in [0.29, 0.717) is 33.2 Å². The van der Waals surface area contributed by atoms with Crippen LogP contribution < -0.4 is 16.6 Å². The number of nitrogens with two attached hydrogens (primary N) is 1. The Bertz CT molecular complexity index is 3010. The van der Waals surface area contributed by atoms with E-state index < -0.39 is 58.9 Å². The molecule has 0 saturated carbocycles. The fourth-order valence-electron chi connectivity index (χ4n) is 5.89. The molecule has 5 aromatic carbocycles. The van der Waals surface area contributed by atoms with Crippen LogP contribution in [-0.4, -0.2) is 60.0 Å². The quantitative estimate of drug-likeness (QED) is 0.0248. The van der Waals surface area contributed by atoms with E-state index in [2.05, 4.69) is 31.3 Å². The summed E-state index contributed by atoms with van der Waals surface area (Å²) in [7, 11) is -9.53. The average molecular weight is 792 g/mol. The summed E-state index contributed by atoms with van der Waals surface area (Å²) in [4.78, 5) is 35.5. The van der Waals surface area contributed by atoms with Crippen LogP contribution in [0.15, 0.2) is 139 Å². The Hall–Kier alpha value is -7.19. The summed E-state index contributed by atoms with van der Waals surface area (Å²) < 4.78 is 68.4. The molecule has 0 unspecified atom stereocenters. The molecule has 0 amide bonds. The fraction of sp³-hybridized carbons (Fsp3) is 0. The molecule has 2 aliphatic carbocycles. The first-order valence-corrected chi connectivity index (χ1v) is 18.9. The Morgan fingerprint density at radius 2 is 1.32 bits per heavy atom. The topological polar surface area (TPSA) is 280 Å². The molecule has 5 aromatic rings. The van der Waals surface area contributed by atoms with Gasteiger partial charge in [0.05, 0.1) is 33.4 Å². The number of nitrogen functional groups attached to an aromatic ring is 1. The summed E-state index contributed by atoms with van der Waals surface area (Å²) in [6, 6.07) is 21.1. The number of nitrogens with one attached hydrogen (secondary N) is 2. The molecular formula is C37H25N7O10S2. The summed E-state index contributed by atoms with van der Waals surface area (Å²) >= 11 is 0. The highest BCUT2D eigenvalue weighted by Gasteiger charge is 2.33. The molecule has 280 valence electrons. The number of aliphatic carboxylic acids is 1. The molecule has 0 saturated heterocycles. The molecule has 56 heavy (non-hydrogen) atoms. The van der Waals surface area contributed by atoms with Crippen molar-refractivity contribution in [3.8, 4) is 0 Å². The zero-order valence-corrected chi connectivity index (χ0v) is 29.9. The fourth-order valence-corrected chi connectivity index (χ4v) is 7.05. The molecular weight excluding hydrogens is 767 g/mol. The number of benzene rings is 5. The standard InChI is InChI=1S/C37H25N7O10S2/c38-20-5-8-23-19(15-20)16-34(56(52,53)54)35(36(23)46)44-43-30-11-10-29(24-3-1-2-4-25(24)30)41-42-32-13-12-31(26-9-7-22(18-27(26)32)55(49,50)51)40-39-21-6-14-33(45)28(17-21)37(47)48/h1-18,40,43H,38H2,(H,47,48)(H,49,50,51)(H,52,53,54)/b39-21-,42-41?,44-35-. The number of ketones is 2. The maximum atomic E-state index is 13.3. The van der Waals surface area contributed by atoms with Gasteiger partial charge in [-0.3, -0.25) is 29.5 Å². The van der Waals surface area contributed by atoms with Crippen molar-refractivity contribution in [2.45, 2.75) is 4.90 Å². The zero-order valence-electron chi connectivity index (χ0n) is 28.3. The van der Waals surface area contributed by atoms with E-state index in [-0.39, 0.29) is 33.6 Å². The number of allylic oxidation sites excluding steroid dienone is 4. The first-order valence-electron chi connectivity index (χ1n) is 16.0. The lowest BCUT2D eigenvalue weighted by Crippen LogP contribution is -2.27. The van der Waals surface area contributed by atoms with Crippen molar-refractivity contribution in [2.24, 2.45) is 20.4 Å². The minimum Gasteiger partial charge on any atom is -0.478 e. The number of anilines is 3. The molecule has 2 aliphatic rings. The van der Waals surface area contributed by atoms with Crippen molar-refractivity contribution in [3.63, 3.8) is 0 Å². The Labute approximate surface area is 316 Å². The lowest BCUT2D eigenvalue weighted by atomic mass is 9.94. The number of nitrogens with zero attached hydrogens (tertiary/aromatic N) is 4. The Kier molecular flexibility index (Phi) is 9.44. The van der Waals surface area contributed by atoms with Crippen LogP contribution in [0.5, 0.6) is 0 Å². The minimum atomic E-state index is -4.89. The van der Waals surface area contributed by atoms with Crippen molar-refractivity contribution in [1.82, 2.24) is 0 Å². The first-order chi connectivity index (χ1) is 26.6. The second-order valence-corrected chi connectivity index (χ2v) is 14.9. The van der Waals surface area contributed by atoms with E-state index in [0.717, 1.165) is 18.2 Å². The maximum Gasteiger partial charge on any atom is 0.339 e. The van der Waals surface area contributed by atoms with Gasteiger partial charge in [-0.2, -0.15) is 27.0 Å². The van der Waals surface area contributed by atoms with Crippen LogP contribution in [0.2, 0.25) is 0 Å². The van der Waals surface area contributed by atoms with E-state index in [1.54, 1.807) is 42.5 Å². The second kappa shape index (κ2) is 14.2. The molecule has 7 rings (SSSR count). The third-order valence-corrected chi connectivity index (χ3v) is 10.3. The van der Waals surface area contributed by atoms with Gasteiger partial charge in [-0.05, 0) is 84.5 Å². The number of hydrogen-bond donors (Lipinski definition) is 6. The number of rotatable bonds is 9. The molecule has 0 atom stereocenters. The van der Waals surface area contributed by atoms with Crippen molar-refractivity contribution in [1.29, 1.82) is 0 Å². The van der Waals surface area contributed by atoms with Crippen molar-refractivity contribution >= 4 is 105 Å². The second-order valence-electron chi connectivity index (χ2n) is 12.1. The molecule has 19 heteroatoms. The maximum absolute atomic E-state index is 13.3. The first kappa shape index (κ1) is 37.1. The third-order valence-electron chi connectivity index (χ3n) is 8.55. The van der Waals surface area contributed by atoms with E-state index in [1.165, 1.54) is 48.5 Å². The molecule has 7 N–H and O–H groups in total. The van der Waals surface area contributed by atoms with Crippen LogP contribution in [0.1, 0.15) is 15.9 Å². The molecule has 0 spiro atoms. The van der Waals surface area contributed by atoms with Gasteiger partial charge in [-0.1, -0.05) is 30.3 Å². The molecule has 0 bridgehead atoms. The zero-order chi connectivity index (χ0) is 39.9. The van der Waals surface area contributed by atoms with E-state index in [9.17, 15) is 45.4 Å². The Morgan fingerprint density at radius 3 is 1.98 bits per heavy atom. The SMILES string of the molecule is Nc1ccc2c(c1)C=C(S(=O)(=O)O)/C(=N/Nc1ccc(N=Nc3ccc(N/N=C4/C=CC(=O)C(C(=O)O)=C4)c4ccc(S(=O)(=O)O)cc34)c3ccccc13)C2=O. The molecule has 0 aliphatic heterocycles. The number of fused-ring (bicyclic) bond motifs is 3. The van der Waals surface area contributed by atoms with Crippen LogP contribution in [-0.2, 0) is 29.8 Å². The van der Waals surface area contributed by atoms with Crippen LogP contribution >= 0.6 is 0 Å². The molecule has 0 radical (unpaired) electrons. The predicted molar refractivity (Wildman–Crippen MR) is 209 cm³/mol. The highest BCUT2D eigenvalue weighted by Crippen LogP contribution is 2.37. The molecule has 0 fully saturated rings. The van der Waals surface area contributed by atoms with Gasteiger partial charge in [0.1, 0.15) is 10.5 Å². The van der Waals surface area contributed by atoms with Gasteiger partial charge in [0.2, 0.25) is 5.78 Å². The van der Waals surface area contributed by atoms with Crippen LogP contribution in [0.25, 0.3) is 27.6 Å². The number of Topliss-reactive ketones (excluding diaryl/α,β-unsaturated/α-hetero) is 1. The largest absolute Gasteiger partial charge is 0.478 e. The van der Waals surface area contributed by atoms with E-state index in [4.69, 9.17) is 5.73 Å². The highest BCUT2D eigenvalue weighted by molar-refractivity contribution is 7.91. The van der Waals surface area contributed by atoms with Gasteiger partial charge in [-0.15, -0.1) is 10.2 Å². The number of carboxylic acid groups (broad SMARTS) is 1. The highest BCUT2D eigenvalue weighted by atomic mass is 32.2. The number of hydrazone groups is 2. The van der Waals surface area contributed by atoms with Gasteiger partial charge < -0.3 is 10.8 Å². The van der Waals surface area contributed by atoms with E-state index in [1.807, 2.05) is 0 Å². The van der Waals surface area contributed by atoms with Crippen LogP contribution in [0, 0.1) is 0 Å². The van der Waals surface area contributed by atoms with Gasteiger partial charge in [-0.25, -0.2) is 4.79 Å². The molecule has 0 heterocycles. The summed E-state index contributed by atoms with van der Waals surface area (Å²) in [5.41, 5.74) is 12.2. The van der Waals surface area contributed by atoms with Gasteiger partial charge in [0, 0.05) is 32.8 Å². The number of hydrogen-bond acceptors (Lipinski definition) is 14. The van der Waals surface area contributed by atoms with Crippen molar-refractivity contribution in [3.05, 3.63) is 125 Å². The third kappa shape index (κ3) is 7.32. The summed E-state index contributed by atoms with van der Waals surface area (Å²) in [6.07, 6.45) is 4.58. The summed E-state index contributed by atoms with van der Waals surface area (Å²) in [5.74, 6) is -2.87. The number of azo groups is 1. The van der Waals surface area contributed by atoms with Crippen LogP contribution in [0.3, 0.4) is 0 Å². The van der Waals surface area contributed by atoms with Gasteiger partial charge in [0.15, 0.2) is 11.5 Å². The smallest absolute Gasteiger partial charge is 0.339 e. The van der Waals surface area contributed by atoms with E-state index >= 15 is 0 Å². The lowest BCUT2D eigenvalue weighted by Gasteiger charge is -2.17. The Balaban J connectivity index is 1.24. The summed E-state index contributed by atoms with van der Waals surface area (Å²) in [6.45, 7) is 0. The average Bonchev–Trinajstić information content (AvgIpc) is 3.15. The minimum absolute atomic E-state index is 0.126. The normalized spacial score (nSPS) is 16.0. The monoisotopic (exact) mass is 791 g/mol. The lowest BCUT2D eigenvalue weighted by molar-refractivity contribution is -0.134. The van der Waals surface area contributed by atoms with Crippen molar-refractivity contribution < 1.29 is 45.4 Å². The molecule has 0 aromatic heterocycles. The number of carbonyl (C=O) groups excluding carboxylic acids is 2. The summed E-state index contributed by atoms with van der Waals surface area (Å²) in [5, 5.41) is 28.0. The number of carboxylic acids is 1. The van der Waals surface area contributed by atoms with Gasteiger partial charge >= 0.3 is 5.97 Å². The van der Waals surface area contributed by atoms with Gasteiger partial charge in [0.25, 0.3) is 20.2 Å². The predicted octanol–water partition coefficient (Wildman–Crippen LogP) is 6.05. The number of carbonyl (C=O) groups is 3. The van der Waals surface area contributed by atoms with Crippen molar-refractivity contribution in [2.75, 3.05) is 16.6 Å².